The molecule has 0 saturated carbocycles. The van der Waals surface area contributed by atoms with Crippen molar-refractivity contribution >= 4 is 47.0 Å². The molecule has 0 bridgehead atoms. The quantitative estimate of drug-likeness (QED) is 0.435. The Kier molecular flexibility index (Phi) is 6.42. The Morgan fingerprint density at radius 1 is 1.48 bits per heavy atom. The topological polar surface area (TPSA) is 140 Å². The van der Waals surface area contributed by atoms with Gasteiger partial charge in [0.2, 0.25) is 5.91 Å². The lowest BCUT2D eigenvalue weighted by Crippen LogP contribution is -2.63. The molecule has 9 nitrogen and oxygen atoms in total. The van der Waals surface area contributed by atoms with E-state index >= 15 is 0 Å². The van der Waals surface area contributed by atoms with E-state index in [0.29, 0.717) is 9.78 Å². The molecule has 1 aromatic rings. The van der Waals surface area contributed by atoms with Crippen molar-refractivity contribution in [3.8, 4) is 0 Å². The molecular weight excluding hydrogens is 418 g/mol. The maximum absolute atomic E-state index is 12.3. The van der Waals surface area contributed by atoms with Crippen molar-refractivity contribution in [3.05, 3.63) is 32.1 Å². The van der Waals surface area contributed by atoms with Gasteiger partial charge in [0, 0.05) is 17.4 Å². The Balaban J connectivity index is 1.79. The van der Waals surface area contributed by atoms with Crippen LogP contribution in [0.25, 0.3) is 6.08 Å². The normalized spacial score (nSPS) is 24.6. The minimum absolute atomic E-state index is 0.0516. The van der Waals surface area contributed by atoms with Crippen molar-refractivity contribution < 1.29 is 29.7 Å². The summed E-state index contributed by atoms with van der Waals surface area (Å²) in [6, 6.07) is -0.368. The number of nitrogens with one attached hydrogen (secondary N) is 1. The molecule has 1 aromatic heterocycles. The van der Waals surface area contributed by atoms with Gasteiger partial charge in [0.05, 0.1) is 35.1 Å². The molecule has 0 aliphatic carbocycles. The predicted octanol–water partition coefficient (Wildman–Crippen LogP) is 0.723. The maximum atomic E-state index is 12.3. The number of aromatic nitrogens is 1. The molecule has 1 saturated heterocycles. The number of thioether (sulfide) groups is 1. The van der Waals surface area contributed by atoms with E-state index in [4.69, 9.17) is 5.11 Å². The molecule has 0 unspecified atom stereocenters. The number of fused-ring (bicyclic) bond motifs is 1. The number of hydrogen-bond acceptors (Lipinski definition) is 8. The van der Waals surface area contributed by atoms with Crippen LogP contribution in [0.1, 0.15) is 29.2 Å². The maximum Gasteiger partial charge on any atom is 0.353 e. The van der Waals surface area contributed by atoms with Crippen LogP contribution in [0.4, 0.5) is 0 Å². The van der Waals surface area contributed by atoms with Gasteiger partial charge in [-0.2, -0.15) is 0 Å². The molecule has 3 heterocycles. The highest BCUT2D eigenvalue weighted by Crippen LogP contribution is 2.50. The highest BCUT2D eigenvalue weighted by atomic mass is 32.2. The van der Waals surface area contributed by atoms with Gasteiger partial charge in [0.25, 0.3) is 5.91 Å². The lowest BCUT2D eigenvalue weighted by molar-refractivity contribution is -0.163. The van der Waals surface area contributed by atoms with Crippen molar-refractivity contribution in [2.45, 2.75) is 26.0 Å². The third-order valence-electron chi connectivity index (χ3n) is 4.93. The molecule has 29 heavy (non-hydrogen) atoms. The molecule has 2 aliphatic heterocycles. The first-order chi connectivity index (χ1) is 13.8. The molecule has 11 heteroatoms. The van der Waals surface area contributed by atoms with Gasteiger partial charge in [0.1, 0.15) is 11.4 Å². The average Bonchev–Trinajstić information content (AvgIpc) is 3.21. The van der Waals surface area contributed by atoms with Crippen LogP contribution in [0.5, 0.6) is 0 Å². The van der Waals surface area contributed by atoms with E-state index in [1.807, 2.05) is 6.92 Å². The third kappa shape index (κ3) is 3.82. The van der Waals surface area contributed by atoms with Gasteiger partial charge in [-0.3, -0.25) is 9.59 Å². The third-order valence-corrected chi connectivity index (χ3v) is 6.82. The number of aliphatic hydroxyl groups is 2. The average molecular weight is 440 g/mol. The van der Waals surface area contributed by atoms with E-state index in [-0.39, 0.29) is 42.4 Å². The lowest BCUT2D eigenvalue weighted by atomic mass is 9.79. The van der Waals surface area contributed by atoms with Crippen LogP contribution in [0, 0.1) is 11.8 Å². The number of hydrogen-bond donors (Lipinski definition) is 4. The molecular formula is C18H21N3O6S2. The Bertz CT molecular complexity index is 894. The summed E-state index contributed by atoms with van der Waals surface area (Å²) in [5.41, 5.74) is 1.69. The highest BCUT2D eigenvalue weighted by molar-refractivity contribution is 8.06. The molecule has 0 spiro atoms. The van der Waals surface area contributed by atoms with Gasteiger partial charge in [0.15, 0.2) is 0 Å². The van der Waals surface area contributed by atoms with Gasteiger partial charge < -0.3 is 25.5 Å². The number of β-lactam (4-membered cyclic amide) rings is 1. The summed E-state index contributed by atoms with van der Waals surface area (Å²) in [6.45, 7) is 3.32. The largest absolute Gasteiger partial charge is 0.477 e. The Morgan fingerprint density at radius 3 is 2.83 bits per heavy atom. The Morgan fingerprint density at radius 2 is 2.21 bits per heavy atom. The number of carboxylic acid groups (broad SMARTS) is 1. The van der Waals surface area contributed by atoms with Crippen LogP contribution >= 0.6 is 23.1 Å². The number of thiazole rings is 1. The number of rotatable bonds is 8. The van der Waals surface area contributed by atoms with Crippen LogP contribution in [-0.2, 0) is 9.59 Å². The fourth-order valence-electron chi connectivity index (χ4n) is 3.64. The van der Waals surface area contributed by atoms with E-state index in [1.165, 1.54) is 40.4 Å². The van der Waals surface area contributed by atoms with Crippen LogP contribution in [0.3, 0.4) is 0 Å². The molecule has 0 radical (unpaired) electrons. The molecule has 156 valence electrons. The SMILES string of the molecule is C[C@@H](O)[C@H]1C(=O)N2C(C(=O)O)=C(S/C=C\c3scnc3C(=O)NCCO)[C@H](C)[C@H]12. The first kappa shape index (κ1) is 21.5. The summed E-state index contributed by atoms with van der Waals surface area (Å²) in [6.07, 6.45) is 0.817. The number of aliphatic carboxylic acids is 1. The second kappa shape index (κ2) is 8.66. The van der Waals surface area contributed by atoms with Gasteiger partial charge >= 0.3 is 5.97 Å². The minimum atomic E-state index is -1.19. The summed E-state index contributed by atoms with van der Waals surface area (Å²) in [7, 11) is 0. The summed E-state index contributed by atoms with van der Waals surface area (Å²) < 4.78 is 0. The van der Waals surface area contributed by atoms with Crippen LogP contribution in [-0.4, -0.2) is 68.3 Å². The van der Waals surface area contributed by atoms with E-state index in [2.05, 4.69) is 10.3 Å². The molecule has 0 aromatic carbocycles. The first-order valence-corrected chi connectivity index (χ1v) is 10.7. The number of carbonyl (C=O) groups is 3. The van der Waals surface area contributed by atoms with Crippen molar-refractivity contribution in [3.63, 3.8) is 0 Å². The molecule has 1 fully saturated rings. The second-order valence-electron chi connectivity index (χ2n) is 6.74. The minimum Gasteiger partial charge on any atom is -0.477 e. The van der Waals surface area contributed by atoms with E-state index < -0.39 is 23.9 Å². The second-order valence-corrected chi connectivity index (χ2v) is 8.57. The zero-order valence-electron chi connectivity index (χ0n) is 15.7. The van der Waals surface area contributed by atoms with Gasteiger partial charge in [-0.25, -0.2) is 9.78 Å². The summed E-state index contributed by atoms with van der Waals surface area (Å²) >= 11 is 2.43. The number of amides is 2. The number of aliphatic hydroxyl groups excluding tert-OH is 2. The van der Waals surface area contributed by atoms with E-state index in [1.54, 1.807) is 11.5 Å². The van der Waals surface area contributed by atoms with Gasteiger partial charge in [-0.05, 0) is 18.4 Å². The van der Waals surface area contributed by atoms with E-state index in [9.17, 15) is 24.6 Å². The predicted molar refractivity (Wildman–Crippen MR) is 108 cm³/mol. The van der Waals surface area contributed by atoms with Crippen molar-refractivity contribution in [2.75, 3.05) is 13.2 Å². The lowest BCUT2D eigenvalue weighted by Gasteiger charge is -2.46. The Hall–Kier alpha value is -2.21. The monoisotopic (exact) mass is 439 g/mol. The van der Waals surface area contributed by atoms with Crippen LogP contribution < -0.4 is 5.32 Å². The van der Waals surface area contributed by atoms with Crippen molar-refractivity contribution in [1.29, 1.82) is 0 Å². The number of carboxylic acids is 1. The summed E-state index contributed by atoms with van der Waals surface area (Å²) in [4.78, 5) is 42.6. The Labute approximate surface area is 175 Å². The van der Waals surface area contributed by atoms with Crippen LogP contribution in [0.15, 0.2) is 21.5 Å². The van der Waals surface area contributed by atoms with Gasteiger partial charge in [-0.1, -0.05) is 18.7 Å². The summed E-state index contributed by atoms with van der Waals surface area (Å²) in [5.74, 6) is -2.81. The van der Waals surface area contributed by atoms with Crippen molar-refractivity contribution in [2.24, 2.45) is 11.8 Å². The zero-order chi connectivity index (χ0) is 21.3. The van der Waals surface area contributed by atoms with E-state index in [0.717, 1.165) is 0 Å². The number of nitrogens with zero attached hydrogens (tertiary/aromatic N) is 2. The molecule has 4 N–H and O–H groups in total. The molecule has 3 rings (SSSR count). The number of carbonyl (C=O) groups excluding carboxylic acids is 2. The molecule has 2 aliphatic rings. The summed E-state index contributed by atoms with van der Waals surface area (Å²) in [5, 5.41) is 32.5. The van der Waals surface area contributed by atoms with Crippen LogP contribution in [0.2, 0.25) is 0 Å². The smallest absolute Gasteiger partial charge is 0.353 e. The standard InChI is InChI=1S/C18H21N3O6S2/c1-8-13-11(9(2)23)17(25)21(13)14(18(26)27)15(8)28-6-3-10-12(20-7-29-10)16(24)19-4-5-22/h3,6-9,11,13,22-23H,4-5H2,1-2H3,(H,19,24)(H,26,27)/b6-3-/t8-,9-,11-,13-/m1/s1. The zero-order valence-corrected chi connectivity index (χ0v) is 17.4. The molecule has 4 atom stereocenters. The fourth-order valence-corrected chi connectivity index (χ4v) is 5.41. The molecule has 2 amide bonds. The van der Waals surface area contributed by atoms with Crippen molar-refractivity contribution in [1.82, 2.24) is 15.2 Å². The van der Waals surface area contributed by atoms with Gasteiger partial charge in [-0.15, -0.1) is 11.3 Å². The fraction of sp³-hybridized carbons (Fsp3) is 0.444. The highest BCUT2D eigenvalue weighted by Gasteiger charge is 2.59. The first-order valence-electron chi connectivity index (χ1n) is 8.93.